The molecule has 2 N–H and O–H groups in total. The van der Waals surface area contributed by atoms with Crippen LogP contribution in [-0.4, -0.2) is 23.0 Å². The number of aliphatic carboxylic acids is 1. The maximum atomic E-state index is 12.4. The molecule has 1 aromatic rings. The molecule has 3 rings (SSSR count). The summed E-state index contributed by atoms with van der Waals surface area (Å²) in [7, 11) is 0. The predicted octanol–water partition coefficient (Wildman–Crippen LogP) is 3.07. The van der Waals surface area contributed by atoms with Gasteiger partial charge in [0.1, 0.15) is 0 Å². The van der Waals surface area contributed by atoms with Crippen LogP contribution in [0, 0.1) is 18.8 Å². The minimum atomic E-state index is -0.976. The number of hydrogen-bond acceptors (Lipinski definition) is 3. The Morgan fingerprint density at radius 3 is 2.48 bits per heavy atom. The molecule has 1 aromatic heterocycles. The molecule has 0 aliphatic heterocycles. The zero-order chi connectivity index (χ0) is 15.0. The maximum absolute atomic E-state index is 12.4. The van der Waals surface area contributed by atoms with Gasteiger partial charge in [0.2, 0.25) is 0 Å². The Kier molecular flexibility index (Phi) is 3.85. The minimum absolute atomic E-state index is 0.0122. The van der Waals surface area contributed by atoms with E-state index < -0.39 is 5.97 Å². The topological polar surface area (TPSA) is 66.4 Å². The average molecular weight is 305 g/mol. The van der Waals surface area contributed by atoms with Crippen LogP contribution in [0.3, 0.4) is 0 Å². The van der Waals surface area contributed by atoms with Gasteiger partial charge in [-0.25, -0.2) is 4.79 Å². The highest BCUT2D eigenvalue weighted by atomic mass is 32.1. The number of amides is 1. The van der Waals surface area contributed by atoms with Crippen molar-refractivity contribution in [2.24, 2.45) is 11.8 Å². The van der Waals surface area contributed by atoms with E-state index in [0.29, 0.717) is 22.8 Å². The first-order chi connectivity index (χ1) is 10.0. The zero-order valence-corrected chi connectivity index (χ0v) is 12.8. The quantitative estimate of drug-likeness (QED) is 0.794. The van der Waals surface area contributed by atoms with Crippen molar-refractivity contribution in [3.05, 3.63) is 27.5 Å². The van der Waals surface area contributed by atoms with Crippen molar-refractivity contribution < 1.29 is 14.7 Å². The molecule has 0 bridgehead atoms. The first-order valence-electron chi connectivity index (χ1n) is 7.37. The van der Waals surface area contributed by atoms with E-state index >= 15 is 0 Å². The Labute approximate surface area is 127 Å². The summed E-state index contributed by atoms with van der Waals surface area (Å²) < 4.78 is 0. The van der Waals surface area contributed by atoms with E-state index in [1.807, 2.05) is 13.0 Å². The Balaban J connectivity index is 1.69. The third-order valence-corrected chi connectivity index (χ3v) is 5.32. The van der Waals surface area contributed by atoms with Gasteiger partial charge in [-0.2, -0.15) is 0 Å². The summed E-state index contributed by atoms with van der Waals surface area (Å²) in [6.07, 6.45) is 7.60. The number of carboxylic acid groups (broad SMARTS) is 1. The molecular weight excluding hydrogens is 286 g/mol. The Bertz CT molecular complexity index is 585. The van der Waals surface area contributed by atoms with Crippen LogP contribution in [-0.2, 0) is 4.79 Å². The molecule has 0 unspecified atom stereocenters. The standard InChI is InChI=1S/C16H19NO3S/c1-9-8-13(21-12(9)6-7-14(18)19)16(20)17-15(10-2-3-10)11-4-5-11/h6-8,10-11,15H,2-5H2,1H3,(H,17,20)(H,18,19)/b7-6+. The molecule has 2 aliphatic carbocycles. The van der Waals surface area contributed by atoms with Crippen molar-refractivity contribution in [2.45, 2.75) is 38.6 Å². The number of hydrogen-bond donors (Lipinski definition) is 2. The first-order valence-corrected chi connectivity index (χ1v) is 8.18. The van der Waals surface area contributed by atoms with Crippen molar-refractivity contribution in [2.75, 3.05) is 0 Å². The Hall–Kier alpha value is -1.62. The molecule has 2 saturated carbocycles. The molecule has 4 nitrogen and oxygen atoms in total. The van der Waals surface area contributed by atoms with Crippen LogP contribution >= 0.6 is 11.3 Å². The third-order valence-electron chi connectivity index (χ3n) is 4.11. The highest BCUT2D eigenvalue weighted by Crippen LogP contribution is 2.44. The number of carboxylic acids is 1. The second-order valence-electron chi connectivity index (χ2n) is 6.00. The number of aryl methyl sites for hydroxylation is 1. The number of carbonyl (C=O) groups is 2. The van der Waals surface area contributed by atoms with Crippen LogP contribution in [0.4, 0.5) is 0 Å². The van der Waals surface area contributed by atoms with Crippen molar-refractivity contribution in [3.63, 3.8) is 0 Å². The van der Waals surface area contributed by atoms with Gasteiger partial charge in [-0.05, 0) is 62.1 Å². The summed E-state index contributed by atoms with van der Waals surface area (Å²) >= 11 is 1.35. The number of carbonyl (C=O) groups excluding carboxylic acids is 1. The number of thiophene rings is 1. The molecule has 2 aliphatic rings. The summed E-state index contributed by atoms with van der Waals surface area (Å²) in [6, 6.07) is 2.19. The van der Waals surface area contributed by atoms with Crippen LogP contribution in [0.5, 0.6) is 0 Å². The summed E-state index contributed by atoms with van der Waals surface area (Å²) in [5, 5.41) is 11.9. The fourth-order valence-corrected chi connectivity index (χ4v) is 3.65. The van der Waals surface area contributed by atoms with Crippen LogP contribution in [0.15, 0.2) is 12.1 Å². The van der Waals surface area contributed by atoms with Gasteiger partial charge in [0.05, 0.1) is 4.88 Å². The highest BCUT2D eigenvalue weighted by molar-refractivity contribution is 7.15. The van der Waals surface area contributed by atoms with Gasteiger partial charge < -0.3 is 10.4 Å². The molecule has 5 heteroatoms. The zero-order valence-electron chi connectivity index (χ0n) is 12.0. The number of rotatable bonds is 6. The van der Waals surface area contributed by atoms with Gasteiger partial charge in [0.15, 0.2) is 0 Å². The smallest absolute Gasteiger partial charge is 0.328 e. The monoisotopic (exact) mass is 305 g/mol. The lowest BCUT2D eigenvalue weighted by Gasteiger charge is -2.16. The SMILES string of the molecule is Cc1cc(C(=O)NC(C2CC2)C2CC2)sc1/C=C/C(=O)O. The molecule has 21 heavy (non-hydrogen) atoms. The summed E-state index contributed by atoms with van der Waals surface area (Å²) in [5.41, 5.74) is 0.942. The van der Waals surface area contributed by atoms with Crippen LogP contribution in [0.25, 0.3) is 6.08 Å². The van der Waals surface area contributed by atoms with E-state index in [2.05, 4.69) is 5.32 Å². The normalized spacial score (nSPS) is 18.4. The van der Waals surface area contributed by atoms with E-state index in [4.69, 9.17) is 5.11 Å². The summed E-state index contributed by atoms with van der Waals surface area (Å²) in [4.78, 5) is 24.5. The van der Waals surface area contributed by atoms with Gasteiger partial charge in [0, 0.05) is 17.0 Å². The molecule has 0 saturated heterocycles. The van der Waals surface area contributed by atoms with Gasteiger partial charge in [-0.15, -0.1) is 11.3 Å². The lowest BCUT2D eigenvalue weighted by Crippen LogP contribution is -2.37. The van der Waals surface area contributed by atoms with Crippen LogP contribution < -0.4 is 5.32 Å². The summed E-state index contributed by atoms with van der Waals surface area (Å²) in [6.45, 7) is 1.90. The fourth-order valence-electron chi connectivity index (χ4n) is 2.67. The fraction of sp³-hybridized carbons (Fsp3) is 0.500. The van der Waals surface area contributed by atoms with Crippen molar-refractivity contribution >= 4 is 29.3 Å². The maximum Gasteiger partial charge on any atom is 0.328 e. The lowest BCUT2D eigenvalue weighted by atomic mass is 10.1. The van der Waals surface area contributed by atoms with Gasteiger partial charge in [0.25, 0.3) is 5.91 Å². The molecule has 112 valence electrons. The molecule has 0 aromatic carbocycles. The molecule has 2 fully saturated rings. The minimum Gasteiger partial charge on any atom is -0.478 e. The van der Waals surface area contributed by atoms with Gasteiger partial charge >= 0.3 is 5.97 Å². The Morgan fingerprint density at radius 1 is 1.33 bits per heavy atom. The summed E-state index contributed by atoms with van der Waals surface area (Å²) in [5.74, 6) is 0.362. The van der Waals surface area contributed by atoms with Gasteiger partial charge in [-0.1, -0.05) is 0 Å². The lowest BCUT2D eigenvalue weighted by molar-refractivity contribution is -0.131. The van der Waals surface area contributed by atoms with Crippen molar-refractivity contribution in [3.8, 4) is 0 Å². The van der Waals surface area contributed by atoms with E-state index in [9.17, 15) is 9.59 Å². The van der Waals surface area contributed by atoms with E-state index in [0.717, 1.165) is 16.5 Å². The molecule has 1 heterocycles. The van der Waals surface area contributed by atoms with E-state index in [-0.39, 0.29) is 5.91 Å². The first kappa shape index (κ1) is 14.3. The second kappa shape index (κ2) is 5.64. The van der Waals surface area contributed by atoms with E-state index in [1.165, 1.54) is 37.0 Å². The van der Waals surface area contributed by atoms with Crippen molar-refractivity contribution in [1.29, 1.82) is 0 Å². The molecular formula is C16H19NO3S. The van der Waals surface area contributed by atoms with Crippen LogP contribution in [0.1, 0.15) is 45.8 Å². The van der Waals surface area contributed by atoms with Crippen molar-refractivity contribution in [1.82, 2.24) is 5.32 Å². The van der Waals surface area contributed by atoms with Crippen LogP contribution in [0.2, 0.25) is 0 Å². The number of nitrogens with one attached hydrogen (secondary N) is 1. The third kappa shape index (κ3) is 3.53. The largest absolute Gasteiger partial charge is 0.478 e. The molecule has 1 amide bonds. The molecule has 0 atom stereocenters. The second-order valence-corrected chi connectivity index (χ2v) is 7.09. The highest BCUT2D eigenvalue weighted by Gasteiger charge is 2.42. The van der Waals surface area contributed by atoms with E-state index in [1.54, 1.807) is 6.08 Å². The molecule has 0 spiro atoms. The predicted molar refractivity (Wildman–Crippen MR) is 82.4 cm³/mol. The average Bonchev–Trinajstić information content (AvgIpc) is 3.32. The van der Waals surface area contributed by atoms with Gasteiger partial charge in [-0.3, -0.25) is 4.79 Å². The Morgan fingerprint density at radius 2 is 1.95 bits per heavy atom. The molecule has 0 radical (unpaired) electrons.